The lowest BCUT2D eigenvalue weighted by Gasteiger charge is -2.30. The maximum absolute atomic E-state index is 13.2. The summed E-state index contributed by atoms with van der Waals surface area (Å²) < 4.78 is 21.9. The molecule has 1 aliphatic rings. The maximum Gasteiger partial charge on any atom is 0.335 e. The van der Waals surface area contributed by atoms with Crippen LogP contribution in [0.1, 0.15) is 35.3 Å². The van der Waals surface area contributed by atoms with Crippen molar-refractivity contribution in [2.24, 2.45) is 0 Å². The van der Waals surface area contributed by atoms with Crippen LogP contribution in [-0.4, -0.2) is 30.4 Å². The molecule has 0 N–H and O–H groups in total. The summed E-state index contributed by atoms with van der Waals surface area (Å²) in [5, 5.41) is 0. The zero-order valence-electron chi connectivity index (χ0n) is 19.1. The number of carbonyl (C=O) groups is 3. The fraction of sp³-hybridized carbons (Fsp3) is 0.148. The minimum atomic E-state index is -0.698. The smallest absolute Gasteiger partial charge is 0.335 e. The fourth-order valence-electron chi connectivity index (χ4n) is 3.16. The van der Waals surface area contributed by atoms with Gasteiger partial charge in [-0.05, 0) is 49.8 Å². The Balaban J connectivity index is 1.98. The normalized spacial score (nSPS) is 13.4. The second kappa shape index (κ2) is 10.0. The number of esters is 2. The zero-order chi connectivity index (χ0) is 24.9. The van der Waals surface area contributed by atoms with Gasteiger partial charge in [-0.25, -0.2) is 9.59 Å². The van der Waals surface area contributed by atoms with Gasteiger partial charge in [-0.2, -0.15) is 0 Å². The van der Waals surface area contributed by atoms with E-state index in [9.17, 15) is 14.4 Å². The van der Waals surface area contributed by atoms with E-state index < -0.39 is 17.5 Å². The monoisotopic (exact) mass is 460 g/mol. The zero-order valence-corrected chi connectivity index (χ0v) is 19.1. The Kier molecular flexibility index (Phi) is 7.16. The molecule has 0 bridgehead atoms. The second-order valence-corrected chi connectivity index (χ2v) is 7.75. The first-order valence-electron chi connectivity index (χ1n) is 10.3. The molecule has 2 aromatic carbocycles. The van der Waals surface area contributed by atoms with Crippen LogP contribution in [0.4, 0.5) is 0 Å². The van der Waals surface area contributed by atoms with E-state index in [-0.39, 0.29) is 28.6 Å². The molecule has 1 heterocycles. The molecule has 2 aromatic rings. The highest BCUT2D eigenvalue weighted by atomic mass is 16.5. The van der Waals surface area contributed by atoms with Crippen molar-refractivity contribution in [3.8, 4) is 23.0 Å². The Labute approximate surface area is 197 Å². The number of methoxy groups -OCH3 is 1. The first-order valence-corrected chi connectivity index (χ1v) is 10.3. The first kappa shape index (κ1) is 24.3. The van der Waals surface area contributed by atoms with Crippen molar-refractivity contribution in [3.63, 3.8) is 0 Å². The van der Waals surface area contributed by atoms with E-state index in [0.717, 1.165) is 12.2 Å². The summed E-state index contributed by atoms with van der Waals surface area (Å²) in [6.45, 7) is 10.4. The Hall–Kier alpha value is -4.39. The summed E-state index contributed by atoms with van der Waals surface area (Å²) in [5.74, 6) is -0.593. The number of hydrogen-bond acceptors (Lipinski definition) is 7. The van der Waals surface area contributed by atoms with Crippen molar-refractivity contribution in [1.82, 2.24) is 0 Å². The van der Waals surface area contributed by atoms with Gasteiger partial charge in [-0.3, -0.25) is 4.79 Å². The van der Waals surface area contributed by atoms with E-state index in [4.69, 9.17) is 18.9 Å². The van der Waals surface area contributed by atoms with Crippen LogP contribution < -0.4 is 18.9 Å². The van der Waals surface area contributed by atoms with Gasteiger partial charge in [0.15, 0.2) is 5.78 Å². The van der Waals surface area contributed by atoms with Gasteiger partial charge in [0, 0.05) is 18.2 Å². The molecule has 0 amide bonds. The molecule has 0 saturated heterocycles. The summed E-state index contributed by atoms with van der Waals surface area (Å²) >= 11 is 0. The maximum atomic E-state index is 13.2. The van der Waals surface area contributed by atoms with E-state index in [1.54, 1.807) is 42.5 Å². The third-order valence-electron chi connectivity index (χ3n) is 4.80. The molecule has 0 aliphatic carbocycles. The predicted octanol–water partition coefficient (Wildman–Crippen LogP) is 4.96. The number of ketones is 1. The molecule has 0 unspecified atom stereocenters. The Morgan fingerprint density at radius 3 is 2.24 bits per heavy atom. The van der Waals surface area contributed by atoms with Gasteiger partial charge >= 0.3 is 11.9 Å². The molecule has 0 spiro atoms. The summed E-state index contributed by atoms with van der Waals surface area (Å²) in [6, 6.07) is 8.07. The summed E-state index contributed by atoms with van der Waals surface area (Å²) in [4.78, 5) is 36.4. The van der Waals surface area contributed by atoms with Gasteiger partial charge in [0.2, 0.25) is 0 Å². The molecular weight excluding hydrogens is 436 g/mol. The molecule has 1 aliphatic heterocycles. The van der Waals surface area contributed by atoms with Crippen LogP contribution in [0.25, 0.3) is 12.2 Å². The van der Waals surface area contributed by atoms with Gasteiger partial charge in [-0.1, -0.05) is 31.4 Å². The van der Waals surface area contributed by atoms with Gasteiger partial charge in [0.05, 0.1) is 12.7 Å². The summed E-state index contributed by atoms with van der Waals surface area (Å²) in [6.07, 6.45) is 8.66. The highest BCUT2D eigenvalue weighted by molar-refractivity contribution is 6.11. The number of rotatable bonds is 8. The minimum absolute atomic E-state index is 0.189. The van der Waals surface area contributed by atoms with Crippen molar-refractivity contribution in [1.29, 1.82) is 0 Å². The average Bonchev–Trinajstić information content (AvgIpc) is 2.82. The van der Waals surface area contributed by atoms with Crippen LogP contribution in [-0.2, 0) is 9.59 Å². The summed E-state index contributed by atoms with van der Waals surface area (Å²) in [7, 11) is 1.41. The predicted molar refractivity (Wildman–Crippen MR) is 128 cm³/mol. The molecule has 0 fully saturated rings. The van der Waals surface area contributed by atoms with Gasteiger partial charge < -0.3 is 18.9 Å². The quantitative estimate of drug-likeness (QED) is 0.238. The van der Waals surface area contributed by atoms with Gasteiger partial charge in [0.1, 0.15) is 34.2 Å². The summed E-state index contributed by atoms with van der Waals surface area (Å²) in [5.41, 5.74) is 0.648. The van der Waals surface area contributed by atoms with Crippen LogP contribution in [0.3, 0.4) is 0 Å². The number of ether oxygens (including phenoxy) is 4. The number of fused-ring (bicyclic) bond motifs is 1. The molecule has 3 rings (SSSR count). The van der Waals surface area contributed by atoms with E-state index >= 15 is 0 Å². The third kappa shape index (κ3) is 5.50. The minimum Gasteiger partial charge on any atom is -0.496 e. The van der Waals surface area contributed by atoms with Crippen LogP contribution in [0, 0.1) is 0 Å². The van der Waals surface area contributed by atoms with Crippen molar-refractivity contribution < 1.29 is 33.3 Å². The van der Waals surface area contributed by atoms with Crippen LogP contribution >= 0.6 is 0 Å². The van der Waals surface area contributed by atoms with Crippen molar-refractivity contribution >= 4 is 29.9 Å². The number of benzene rings is 2. The van der Waals surface area contributed by atoms with Crippen LogP contribution in [0.15, 0.2) is 67.8 Å². The standard InChI is InChI=1S/C27H24O7/c1-6-23(29)32-18-11-8-17(9-12-18)10-13-20(28)25-22(31-5)16-21(33-24(30)7-2)19-14-15-27(3,4)34-26(19)25/h6-16H,1-2H2,3-5H3/b13-10+. The second-order valence-electron chi connectivity index (χ2n) is 7.75. The molecule has 34 heavy (non-hydrogen) atoms. The van der Waals surface area contributed by atoms with E-state index in [1.807, 2.05) is 13.8 Å². The van der Waals surface area contributed by atoms with Crippen LogP contribution in [0.5, 0.6) is 23.0 Å². The van der Waals surface area contributed by atoms with E-state index in [1.165, 1.54) is 19.3 Å². The first-order chi connectivity index (χ1) is 16.2. The number of allylic oxidation sites excluding steroid dienone is 1. The highest BCUT2D eigenvalue weighted by Gasteiger charge is 2.31. The highest BCUT2D eigenvalue weighted by Crippen LogP contribution is 2.45. The van der Waals surface area contributed by atoms with Crippen molar-refractivity contribution in [2.45, 2.75) is 19.4 Å². The SMILES string of the molecule is C=CC(=O)Oc1ccc(/C=C/C(=O)c2c(OC)cc(OC(=O)C=C)c3c2OC(C)(C)C=C3)cc1. The van der Waals surface area contributed by atoms with Crippen molar-refractivity contribution in [3.05, 3.63) is 84.5 Å². The Morgan fingerprint density at radius 1 is 0.971 bits per heavy atom. The van der Waals surface area contributed by atoms with Gasteiger partial charge in [0.25, 0.3) is 0 Å². The lowest BCUT2D eigenvalue weighted by Crippen LogP contribution is -2.29. The molecule has 7 nitrogen and oxygen atoms in total. The lowest BCUT2D eigenvalue weighted by atomic mass is 9.96. The lowest BCUT2D eigenvalue weighted by molar-refractivity contribution is -0.129. The molecule has 0 aromatic heterocycles. The number of carbonyl (C=O) groups excluding carboxylic acids is 3. The molecule has 7 heteroatoms. The molecule has 174 valence electrons. The largest absolute Gasteiger partial charge is 0.496 e. The van der Waals surface area contributed by atoms with E-state index in [2.05, 4.69) is 13.2 Å². The Morgan fingerprint density at radius 2 is 1.62 bits per heavy atom. The molecule has 0 saturated carbocycles. The topological polar surface area (TPSA) is 88.1 Å². The van der Waals surface area contributed by atoms with Crippen LogP contribution in [0.2, 0.25) is 0 Å². The third-order valence-corrected chi connectivity index (χ3v) is 4.80. The number of hydrogen-bond donors (Lipinski definition) is 0. The molecule has 0 atom stereocenters. The average molecular weight is 460 g/mol. The van der Waals surface area contributed by atoms with E-state index in [0.29, 0.717) is 16.9 Å². The molecule has 0 radical (unpaired) electrons. The fourth-order valence-corrected chi connectivity index (χ4v) is 3.16. The Bertz CT molecular complexity index is 1210. The van der Waals surface area contributed by atoms with Gasteiger partial charge in [-0.15, -0.1) is 0 Å². The van der Waals surface area contributed by atoms with Crippen molar-refractivity contribution in [2.75, 3.05) is 7.11 Å². The molecular formula is C27H24O7.